The van der Waals surface area contributed by atoms with Crippen molar-refractivity contribution in [1.82, 2.24) is 15.1 Å². The molecule has 32 heavy (non-hydrogen) atoms. The zero-order valence-corrected chi connectivity index (χ0v) is 20.6. The Morgan fingerprint density at radius 2 is 1.91 bits per heavy atom. The molecule has 7 heteroatoms. The van der Waals surface area contributed by atoms with E-state index in [0.29, 0.717) is 12.2 Å². The quantitative estimate of drug-likeness (QED) is 0.676. The van der Waals surface area contributed by atoms with E-state index in [-0.39, 0.29) is 23.3 Å². The number of thioether (sulfide) groups is 1. The number of nitrogens with zero attached hydrogens (tertiary/aromatic N) is 3. The normalized spacial score (nSPS) is 22.0. The molecule has 1 aromatic heterocycles. The molecule has 6 nitrogen and oxygen atoms in total. The summed E-state index contributed by atoms with van der Waals surface area (Å²) in [5.41, 5.74) is 0.880. The highest BCUT2D eigenvalue weighted by Crippen LogP contribution is 2.36. The number of carbonyl (C=O) groups is 2. The molecule has 172 valence electrons. The topological polar surface area (TPSA) is 67.2 Å². The Morgan fingerprint density at radius 3 is 2.56 bits per heavy atom. The molecule has 1 N–H and O–H groups in total. The number of hydrogen-bond donors (Lipinski definition) is 1. The Bertz CT molecular complexity index is 1020. The van der Waals surface area contributed by atoms with Crippen molar-refractivity contribution in [3.05, 3.63) is 41.7 Å². The fourth-order valence-electron chi connectivity index (χ4n) is 4.69. The molecule has 0 radical (unpaired) electrons. The molecule has 2 aliphatic rings. The first-order chi connectivity index (χ1) is 15.1. The van der Waals surface area contributed by atoms with E-state index in [0.717, 1.165) is 42.0 Å². The third-order valence-electron chi connectivity index (χ3n) is 6.66. The maximum Gasteiger partial charge on any atom is 0.277 e. The summed E-state index contributed by atoms with van der Waals surface area (Å²) >= 11 is 1.62. The van der Waals surface area contributed by atoms with E-state index >= 15 is 0 Å². The lowest BCUT2D eigenvalue weighted by Gasteiger charge is -2.44. The molecule has 1 aliphatic heterocycles. The van der Waals surface area contributed by atoms with Crippen LogP contribution in [0, 0.1) is 0 Å². The predicted molar refractivity (Wildman–Crippen MR) is 129 cm³/mol. The molecule has 0 bridgehead atoms. The minimum Gasteiger partial charge on any atom is -0.351 e. The van der Waals surface area contributed by atoms with Crippen molar-refractivity contribution in [3.63, 3.8) is 0 Å². The van der Waals surface area contributed by atoms with Crippen molar-refractivity contribution in [2.24, 2.45) is 0 Å². The third kappa shape index (κ3) is 4.19. The van der Waals surface area contributed by atoms with Gasteiger partial charge in [-0.2, -0.15) is 5.10 Å². The lowest BCUT2D eigenvalue weighted by Crippen LogP contribution is -2.65. The Kier molecular flexibility index (Phi) is 6.14. The largest absolute Gasteiger partial charge is 0.351 e. The van der Waals surface area contributed by atoms with E-state index in [2.05, 4.69) is 26.1 Å². The molecule has 2 amide bonds. The van der Waals surface area contributed by atoms with Crippen LogP contribution < -0.4 is 10.2 Å². The van der Waals surface area contributed by atoms with E-state index in [1.165, 1.54) is 6.42 Å². The summed E-state index contributed by atoms with van der Waals surface area (Å²) in [5.74, 6) is -0.287. The van der Waals surface area contributed by atoms with E-state index in [1.54, 1.807) is 21.3 Å². The summed E-state index contributed by atoms with van der Waals surface area (Å²) in [5, 5.41) is 8.01. The summed E-state index contributed by atoms with van der Waals surface area (Å²) in [4.78, 5) is 30.3. The fraction of sp³-hybridized carbons (Fsp3) is 0.560. The molecule has 1 aliphatic carbocycles. The minimum absolute atomic E-state index is 0.106. The number of anilines is 1. The highest BCUT2D eigenvalue weighted by atomic mass is 32.2. The van der Waals surface area contributed by atoms with Gasteiger partial charge in [0.2, 0.25) is 5.91 Å². The van der Waals surface area contributed by atoms with Crippen LogP contribution in [-0.4, -0.2) is 39.4 Å². The van der Waals surface area contributed by atoms with Gasteiger partial charge in [0, 0.05) is 22.0 Å². The van der Waals surface area contributed by atoms with E-state index in [4.69, 9.17) is 5.10 Å². The lowest BCUT2D eigenvalue weighted by molar-refractivity contribution is -0.127. The SMILES string of the molecule is CSc1cccc(N2C(=O)c3cc(C(C)(C)C)nn3C[C@@]2(C)C(=O)NC2CCCCC2)c1. The van der Waals surface area contributed by atoms with Gasteiger partial charge in [-0.05, 0) is 50.3 Å². The molecule has 1 atom stereocenters. The number of hydrogen-bond acceptors (Lipinski definition) is 4. The molecule has 2 heterocycles. The highest BCUT2D eigenvalue weighted by molar-refractivity contribution is 7.98. The second kappa shape index (κ2) is 8.58. The Morgan fingerprint density at radius 1 is 1.19 bits per heavy atom. The summed E-state index contributed by atoms with van der Waals surface area (Å²) in [6, 6.07) is 9.93. The number of rotatable bonds is 4. The maximum absolute atomic E-state index is 13.8. The minimum atomic E-state index is -1.07. The summed E-state index contributed by atoms with van der Waals surface area (Å²) in [7, 11) is 0. The molecule has 1 saturated carbocycles. The summed E-state index contributed by atoms with van der Waals surface area (Å²) in [6.45, 7) is 8.45. The third-order valence-corrected chi connectivity index (χ3v) is 7.39. The van der Waals surface area contributed by atoms with Crippen LogP contribution in [0.5, 0.6) is 0 Å². The van der Waals surface area contributed by atoms with Gasteiger partial charge in [0.05, 0.1) is 12.2 Å². The average Bonchev–Trinajstić information content (AvgIpc) is 3.19. The first-order valence-electron chi connectivity index (χ1n) is 11.5. The van der Waals surface area contributed by atoms with Gasteiger partial charge in [-0.25, -0.2) is 0 Å². The van der Waals surface area contributed by atoms with Crippen molar-refractivity contribution in [2.75, 3.05) is 11.2 Å². The Balaban J connectivity index is 1.78. The zero-order valence-electron chi connectivity index (χ0n) is 19.8. The number of amides is 2. The van der Waals surface area contributed by atoms with Gasteiger partial charge in [0.1, 0.15) is 11.2 Å². The highest BCUT2D eigenvalue weighted by Gasteiger charge is 2.49. The second-order valence-corrected chi connectivity index (χ2v) is 11.1. The smallest absolute Gasteiger partial charge is 0.277 e. The first-order valence-corrected chi connectivity index (χ1v) is 12.7. The predicted octanol–water partition coefficient (Wildman–Crippen LogP) is 4.77. The number of benzene rings is 1. The summed E-state index contributed by atoms with van der Waals surface area (Å²) in [6.07, 6.45) is 7.51. The van der Waals surface area contributed by atoms with E-state index in [1.807, 2.05) is 43.5 Å². The standard InChI is InChI=1S/C25H34N4O2S/c1-24(2,3)21-15-20-22(30)29(18-12-9-13-19(14-18)32-5)25(4,16-28(20)27-21)23(31)26-17-10-7-6-8-11-17/h9,12-15,17H,6-8,10-11,16H2,1-5H3,(H,26,31)/t25-/m0/s1. The lowest BCUT2D eigenvalue weighted by atomic mass is 9.90. The van der Waals surface area contributed by atoms with Crippen molar-refractivity contribution in [2.45, 2.75) is 88.2 Å². The fourth-order valence-corrected chi connectivity index (χ4v) is 5.14. The molecule has 0 unspecified atom stereocenters. The molecular weight excluding hydrogens is 420 g/mol. The number of carbonyl (C=O) groups excluding carboxylic acids is 2. The van der Waals surface area contributed by atoms with Gasteiger partial charge in [0.15, 0.2) is 0 Å². The first kappa shape index (κ1) is 22.9. The summed E-state index contributed by atoms with van der Waals surface area (Å²) < 4.78 is 1.73. The van der Waals surface area contributed by atoms with Gasteiger partial charge < -0.3 is 5.32 Å². The van der Waals surface area contributed by atoms with Gasteiger partial charge in [-0.3, -0.25) is 19.2 Å². The second-order valence-electron chi connectivity index (χ2n) is 10.2. The van der Waals surface area contributed by atoms with E-state index < -0.39 is 5.54 Å². The van der Waals surface area contributed by atoms with Crippen molar-refractivity contribution in [1.29, 1.82) is 0 Å². The number of nitrogens with one attached hydrogen (secondary N) is 1. The molecule has 2 aromatic rings. The van der Waals surface area contributed by atoms with Gasteiger partial charge >= 0.3 is 0 Å². The van der Waals surface area contributed by atoms with Crippen molar-refractivity contribution in [3.8, 4) is 0 Å². The van der Waals surface area contributed by atoms with Crippen LogP contribution in [0.2, 0.25) is 0 Å². The van der Waals surface area contributed by atoms with Crippen LogP contribution in [-0.2, 0) is 16.8 Å². The molecule has 1 aromatic carbocycles. The van der Waals surface area contributed by atoms with Crippen molar-refractivity contribution >= 4 is 29.3 Å². The van der Waals surface area contributed by atoms with Crippen LogP contribution in [0.25, 0.3) is 0 Å². The monoisotopic (exact) mass is 454 g/mol. The molecule has 0 spiro atoms. The maximum atomic E-state index is 13.8. The Labute approximate surface area is 195 Å². The van der Waals surface area contributed by atoms with Crippen molar-refractivity contribution < 1.29 is 9.59 Å². The molecule has 1 fully saturated rings. The van der Waals surface area contributed by atoms with Crippen LogP contribution >= 0.6 is 11.8 Å². The van der Waals surface area contributed by atoms with E-state index in [9.17, 15) is 9.59 Å². The molecular formula is C25H34N4O2S. The van der Waals surface area contributed by atoms with Gasteiger partial charge in [0.25, 0.3) is 5.91 Å². The van der Waals surface area contributed by atoms with Gasteiger partial charge in [-0.15, -0.1) is 11.8 Å². The van der Waals surface area contributed by atoms with Crippen LogP contribution in [0.15, 0.2) is 35.2 Å². The number of aromatic nitrogens is 2. The van der Waals surface area contributed by atoms with Crippen LogP contribution in [0.4, 0.5) is 5.69 Å². The number of fused-ring (bicyclic) bond motifs is 1. The molecule has 4 rings (SSSR count). The Hall–Kier alpha value is -2.28. The van der Waals surface area contributed by atoms with Gasteiger partial charge in [-0.1, -0.05) is 46.1 Å². The molecule has 0 saturated heterocycles. The average molecular weight is 455 g/mol. The van der Waals surface area contributed by atoms with Crippen LogP contribution in [0.1, 0.15) is 76.0 Å². The zero-order chi connectivity index (χ0) is 23.1. The van der Waals surface area contributed by atoms with Crippen LogP contribution in [0.3, 0.4) is 0 Å².